The Labute approximate surface area is 121 Å². The van der Waals surface area contributed by atoms with Crippen LogP contribution in [-0.2, 0) is 14.9 Å². The number of nitrogens with zero attached hydrogens (tertiary/aromatic N) is 1. The summed E-state index contributed by atoms with van der Waals surface area (Å²) in [5, 5.41) is 3.36. The summed E-state index contributed by atoms with van der Waals surface area (Å²) in [6.07, 6.45) is 0.658. The van der Waals surface area contributed by atoms with Gasteiger partial charge < -0.3 is 10.1 Å². The monoisotopic (exact) mass is 307 g/mol. The Bertz CT molecular complexity index is 405. The van der Waals surface area contributed by atoms with E-state index < -0.39 is 16.3 Å². The molecule has 1 rings (SSSR count). The molecule has 0 bridgehead atoms. The molecule has 1 aliphatic heterocycles. The first kappa shape index (κ1) is 17.2. The second-order valence-electron chi connectivity index (χ2n) is 4.91. The van der Waals surface area contributed by atoms with Crippen LogP contribution in [0.25, 0.3) is 0 Å². The van der Waals surface area contributed by atoms with Gasteiger partial charge in [0.25, 0.3) is 0 Å². The molecule has 1 atom stereocenters. The van der Waals surface area contributed by atoms with E-state index in [9.17, 15) is 13.2 Å². The standard InChI is InChI=1S/C12H25N3O4S/c1-4-13-10(3)11-6-8-15(9-7-11)20(17,18)14-12(16)19-5-2/h10-11,13H,4-9H2,1-3H3,(H,14,16). The summed E-state index contributed by atoms with van der Waals surface area (Å²) < 4.78 is 31.8. The van der Waals surface area contributed by atoms with E-state index in [1.54, 1.807) is 6.92 Å². The van der Waals surface area contributed by atoms with Crippen molar-refractivity contribution in [2.45, 2.75) is 39.7 Å². The molecule has 118 valence electrons. The lowest BCUT2D eigenvalue weighted by Gasteiger charge is -2.34. The first-order chi connectivity index (χ1) is 9.40. The van der Waals surface area contributed by atoms with Gasteiger partial charge in [0.15, 0.2) is 0 Å². The van der Waals surface area contributed by atoms with E-state index in [1.165, 1.54) is 4.31 Å². The molecular formula is C12H25N3O4S. The van der Waals surface area contributed by atoms with Crippen LogP contribution in [0.15, 0.2) is 0 Å². The van der Waals surface area contributed by atoms with Crippen LogP contribution in [0.4, 0.5) is 4.79 Å². The maximum atomic E-state index is 12.0. The van der Waals surface area contributed by atoms with Crippen LogP contribution >= 0.6 is 0 Å². The van der Waals surface area contributed by atoms with Crippen LogP contribution in [0.1, 0.15) is 33.6 Å². The molecule has 0 saturated carbocycles. The zero-order valence-electron chi connectivity index (χ0n) is 12.4. The topological polar surface area (TPSA) is 87.7 Å². The molecule has 8 heteroatoms. The van der Waals surface area contributed by atoms with Crippen molar-refractivity contribution in [1.82, 2.24) is 14.3 Å². The number of amides is 1. The fraction of sp³-hybridized carbons (Fsp3) is 0.917. The van der Waals surface area contributed by atoms with Gasteiger partial charge in [0.05, 0.1) is 6.61 Å². The predicted octanol–water partition coefficient (Wildman–Crippen LogP) is 0.687. The largest absolute Gasteiger partial charge is 0.449 e. The predicted molar refractivity (Wildman–Crippen MR) is 76.5 cm³/mol. The molecule has 0 radical (unpaired) electrons. The quantitative estimate of drug-likeness (QED) is 0.754. The molecule has 1 aliphatic rings. The number of ether oxygens (including phenoxy) is 1. The van der Waals surface area contributed by atoms with Crippen LogP contribution in [0, 0.1) is 5.92 Å². The number of piperidine rings is 1. The Balaban J connectivity index is 2.49. The molecule has 7 nitrogen and oxygen atoms in total. The zero-order valence-corrected chi connectivity index (χ0v) is 13.2. The summed E-state index contributed by atoms with van der Waals surface area (Å²) >= 11 is 0. The van der Waals surface area contributed by atoms with Crippen molar-refractivity contribution < 1.29 is 17.9 Å². The summed E-state index contributed by atoms with van der Waals surface area (Å²) in [5.41, 5.74) is 0. The van der Waals surface area contributed by atoms with Gasteiger partial charge in [-0.2, -0.15) is 12.7 Å². The van der Waals surface area contributed by atoms with E-state index in [1.807, 2.05) is 4.72 Å². The minimum Gasteiger partial charge on any atom is -0.449 e. The number of hydrogen-bond acceptors (Lipinski definition) is 5. The number of hydrogen-bond donors (Lipinski definition) is 2. The lowest BCUT2D eigenvalue weighted by atomic mass is 9.91. The Morgan fingerprint density at radius 3 is 2.45 bits per heavy atom. The average molecular weight is 307 g/mol. The third-order valence-electron chi connectivity index (χ3n) is 3.56. The van der Waals surface area contributed by atoms with E-state index in [0.29, 0.717) is 25.0 Å². The second kappa shape index (κ2) is 7.80. The Hall–Kier alpha value is -0.860. The molecule has 20 heavy (non-hydrogen) atoms. The lowest BCUT2D eigenvalue weighted by molar-refractivity contribution is 0.157. The molecular weight excluding hydrogens is 282 g/mol. The van der Waals surface area contributed by atoms with Gasteiger partial charge in [-0.3, -0.25) is 0 Å². The number of carbonyl (C=O) groups excluding carboxylic acids is 1. The van der Waals surface area contributed by atoms with Gasteiger partial charge in [0, 0.05) is 19.1 Å². The smallest absolute Gasteiger partial charge is 0.421 e. The van der Waals surface area contributed by atoms with Crippen molar-refractivity contribution in [2.24, 2.45) is 5.92 Å². The summed E-state index contributed by atoms with van der Waals surface area (Å²) in [7, 11) is -3.78. The molecule has 1 saturated heterocycles. The van der Waals surface area contributed by atoms with Crippen LogP contribution in [-0.4, -0.2) is 51.1 Å². The van der Waals surface area contributed by atoms with Crippen LogP contribution in [0.3, 0.4) is 0 Å². The van der Waals surface area contributed by atoms with Crippen molar-refractivity contribution >= 4 is 16.3 Å². The Kier molecular flexibility index (Phi) is 6.70. The minimum atomic E-state index is -3.78. The third kappa shape index (κ3) is 4.92. The molecule has 1 heterocycles. The van der Waals surface area contributed by atoms with Crippen molar-refractivity contribution in [1.29, 1.82) is 0 Å². The average Bonchev–Trinajstić information content (AvgIpc) is 2.39. The summed E-state index contributed by atoms with van der Waals surface area (Å²) in [4.78, 5) is 11.2. The normalized spacial score (nSPS) is 19.6. The highest BCUT2D eigenvalue weighted by atomic mass is 32.2. The minimum absolute atomic E-state index is 0.142. The van der Waals surface area contributed by atoms with Crippen LogP contribution in [0.5, 0.6) is 0 Å². The Morgan fingerprint density at radius 1 is 1.35 bits per heavy atom. The molecule has 0 aliphatic carbocycles. The fourth-order valence-electron chi connectivity index (χ4n) is 2.44. The van der Waals surface area contributed by atoms with Crippen molar-refractivity contribution in [2.75, 3.05) is 26.2 Å². The van der Waals surface area contributed by atoms with E-state index in [2.05, 4.69) is 23.9 Å². The maximum absolute atomic E-state index is 12.0. The van der Waals surface area contributed by atoms with Gasteiger partial charge in [-0.1, -0.05) is 6.92 Å². The van der Waals surface area contributed by atoms with Gasteiger partial charge in [-0.05, 0) is 39.2 Å². The van der Waals surface area contributed by atoms with Gasteiger partial charge >= 0.3 is 16.3 Å². The van der Waals surface area contributed by atoms with Crippen molar-refractivity contribution in [3.63, 3.8) is 0 Å². The van der Waals surface area contributed by atoms with E-state index in [-0.39, 0.29) is 6.61 Å². The first-order valence-electron chi connectivity index (χ1n) is 7.08. The summed E-state index contributed by atoms with van der Waals surface area (Å²) in [6.45, 7) is 7.70. The van der Waals surface area contributed by atoms with Gasteiger partial charge in [-0.15, -0.1) is 0 Å². The zero-order chi connectivity index (χ0) is 15.2. The molecule has 1 amide bonds. The van der Waals surface area contributed by atoms with Gasteiger partial charge in [0.2, 0.25) is 0 Å². The molecule has 0 aromatic carbocycles. The molecule has 0 aromatic heterocycles. The molecule has 2 N–H and O–H groups in total. The van der Waals surface area contributed by atoms with Crippen LogP contribution < -0.4 is 10.0 Å². The highest BCUT2D eigenvalue weighted by Gasteiger charge is 2.31. The van der Waals surface area contributed by atoms with E-state index in [4.69, 9.17) is 0 Å². The molecule has 0 aromatic rings. The van der Waals surface area contributed by atoms with Crippen LogP contribution in [0.2, 0.25) is 0 Å². The van der Waals surface area contributed by atoms with Gasteiger partial charge in [-0.25, -0.2) is 9.52 Å². The number of carbonyl (C=O) groups is 1. The van der Waals surface area contributed by atoms with Crippen molar-refractivity contribution in [3.8, 4) is 0 Å². The van der Waals surface area contributed by atoms with E-state index in [0.717, 1.165) is 19.4 Å². The summed E-state index contributed by atoms with van der Waals surface area (Å²) in [6, 6.07) is 0.378. The SMILES string of the molecule is CCNC(C)C1CCN(S(=O)(=O)NC(=O)OCC)CC1. The first-order valence-corrected chi connectivity index (χ1v) is 8.52. The maximum Gasteiger partial charge on any atom is 0.421 e. The lowest BCUT2D eigenvalue weighted by Crippen LogP contribution is -2.49. The molecule has 1 fully saturated rings. The highest BCUT2D eigenvalue weighted by molar-refractivity contribution is 7.87. The third-order valence-corrected chi connectivity index (χ3v) is 5.03. The molecule has 1 unspecified atom stereocenters. The number of rotatable bonds is 6. The Morgan fingerprint density at radius 2 is 1.95 bits per heavy atom. The molecule has 0 spiro atoms. The number of nitrogens with one attached hydrogen (secondary N) is 2. The fourth-order valence-corrected chi connectivity index (χ4v) is 3.53. The van der Waals surface area contributed by atoms with Crippen molar-refractivity contribution in [3.05, 3.63) is 0 Å². The van der Waals surface area contributed by atoms with E-state index >= 15 is 0 Å². The highest BCUT2D eigenvalue weighted by Crippen LogP contribution is 2.22. The van der Waals surface area contributed by atoms with Gasteiger partial charge in [0.1, 0.15) is 0 Å². The second-order valence-corrected chi connectivity index (χ2v) is 6.58. The summed E-state index contributed by atoms with van der Waals surface area (Å²) in [5.74, 6) is 0.462.